The van der Waals surface area contributed by atoms with Crippen molar-refractivity contribution in [3.63, 3.8) is 0 Å². The highest BCUT2D eigenvalue weighted by Gasteiger charge is 2.24. The van der Waals surface area contributed by atoms with Crippen LogP contribution in [0.3, 0.4) is 0 Å². The smallest absolute Gasteiger partial charge is 0.104 e. The molecule has 0 aromatic carbocycles. The molecule has 1 saturated heterocycles. The van der Waals surface area contributed by atoms with E-state index in [0.717, 1.165) is 13.2 Å². The van der Waals surface area contributed by atoms with Gasteiger partial charge in [-0.05, 0) is 12.8 Å². The van der Waals surface area contributed by atoms with Crippen LogP contribution in [0, 0.1) is 0 Å². The fourth-order valence-electron chi connectivity index (χ4n) is 2.70. The lowest BCUT2D eigenvalue weighted by Crippen LogP contribution is -2.16. The Kier molecular flexibility index (Phi) is 6.36. The number of rotatable bonds is 3. The molecule has 17 heavy (non-hydrogen) atoms. The van der Waals surface area contributed by atoms with Crippen LogP contribution in [-0.2, 0) is 9.47 Å². The van der Waals surface area contributed by atoms with E-state index in [4.69, 9.17) is 9.47 Å². The van der Waals surface area contributed by atoms with E-state index in [0.29, 0.717) is 12.2 Å². The van der Waals surface area contributed by atoms with Gasteiger partial charge in [-0.15, -0.1) is 0 Å². The minimum atomic E-state index is 0.427. The third-order valence-corrected chi connectivity index (χ3v) is 3.97. The molecule has 0 bridgehead atoms. The van der Waals surface area contributed by atoms with Gasteiger partial charge < -0.3 is 9.47 Å². The van der Waals surface area contributed by atoms with Crippen molar-refractivity contribution in [3.05, 3.63) is 0 Å². The molecule has 0 radical (unpaired) electrons. The molecule has 2 nitrogen and oxygen atoms in total. The zero-order valence-corrected chi connectivity index (χ0v) is 11.2. The summed E-state index contributed by atoms with van der Waals surface area (Å²) in [7, 11) is 0. The second-order valence-corrected chi connectivity index (χ2v) is 5.67. The lowest BCUT2D eigenvalue weighted by Gasteiger charge is -2.18. The first-order chi connectivity index (χ1) is 8.45. The minimum absolute atomic E-state index is 0.427. The van der Waals surface area contributed by atoms with Crippen molar-refractivity contribution in [1.29, 1.82) is 0 Å². The van der Waals surface area contributed by atoms with Crippen molar-refractivity contribution in [1.82, 2.24) is 0 Å². The summed E-state index contributed by atoms with van der Waals surface area (Å²) in [6.07, 6.45) is 16.2. The molecule has 2 heteroatoms. The van der Waals surface area contributed by atoms with E-state index in [-0.39, 0.29) is 0 Å². The Morgan fingerprint density at radius 1 is 0.765 bits per heavy atom. The summed E-state index contributed by atoms with van der Waals surface area (Å²) in [4.78, 5) is 0. The van der Waals surface area contributed by atoms with Crippen molar-refractivity contribution >= 4 is 0 Å². The summed E-state index contributed by atoms with van der Waals surface area (Å²) in [6.45, 7) is 1.76. The highest BCUT2D eigenvalue weighted by Crippen LogP contribution is 2.20. The van der Waals surface area contributed by atoms with Crippen LogP contribution in [0.15, 0.2) is 0 Å². The molecule has 1 atom stereocenters. The van der Waals surface area contributed by atoms with E-state index in [1.165, 1.54) is 70.6 Å². The van der Waals surface area contributed by atoms with Crippen molar-refractivity contribution in [2.45, 2.75) is 82.8 Å². The standard InChI is InChI=1S/C15H28O2/c1-2-4-6-8-10-14(11-9-7-5-3-1)16-12-15-13-17-15/h14-15H,1-13H2. The molecule has 0 aromatic rings. The molecule has 2 aliphatic rings. The van der Waals surface area contributed by atoms with Crippen LogP contribution in [0.25, 0.3) is 0 Å². The van der Waals surface area contributed by atoms with E-state index in [2.05, 4.69) is 0 Å². The van der Waals surface area contributed by atoms with Gasteiger partial charge in [0.25, 0.3) is 0 Å². The lowest BCUT2D eigenvalue weighted by molar-refractivity contribution is 0.0286. The van der Waals surface area contributed by atoms with Crippen LogP contribution in [0.2, 0.25) is 0 Å². The molecular weight excluding hydrogens is 212 g/mol. The first-order valence-corrected chi connectivity index (χ1v) is 7.68. The Bertz CT molecular complexity index is 177. The Balaban J connectivity index is 1.63. The molecule has 0 aromatic heterocycles. The first-order valence-electron chi connectivity index (χ1n) is 7.68. The molecule has 1 unspecified atom stereocenters. The molecule has 0 amide bonds. The maximum atomic E-state index is 5.99. The number of epoxide rings is 1. The van der Waals surface area contributed by atoms with Crippen molar-refractivity contribution in [2.75, 3.05) is 13.2 Å². The van der Waals surface area contributed by atoms with E-state index in [1.807, 2.05) is 0 Å². The van der Waals surface area contributed by atoms with Gasteiger partial charge in [-0.2, -0.15) is 0 Å². The monoisotopic (exact) mass is 240 g/mol. The zero-order chi connectivity index (χ0) is 11.8. The molecule has 0 spiro atoms. The third-order valence-electron chi connectivity index (χ3n) is 3.97. The van der Waals surface area contributed by atoms with Gasteiger partial charge in [0.1, 0.15) is 6.10 Å². The fourth-order valence-corrected chi connectivity index (χ4v) is 2.70. The number of ether oxygens (including phenoxy) is 2. The number of hydrogen-bond acceptors (Lipinski definition) is 2. The van der Waals surface area contributed by atoms with Gasteiger partial charge in [0.2, 0.25) is 0 Å². The quantitative estimate of drug-likeness (QED) is 0.693. The largest absolute Gasteiger partial charge is 0.375 e. The topological polar surface area (TPSA) is 21.8 Å². The maximum Gasteiger partial charge on any atom is 0.104 e. The Hall–Kier alpha value is -0.0800. The second-order valence-electron chi connectivity index (χ2n) is 5.67. The molecule has 1 aliphatic carbocycles. The lowest BCUT2D eigenvalue weighted by atomic mass is 9.99. The zero-order valence-electron chi connectivity index (χ0n) is 11.2. The summed E-state index contributed by atoms with van der Waals surface area (Å²) < 4.78 is 11.2. The van der Waals surface area contributed by atoms with Gasteiger partial charge in [0.05, 0.1) is 19.3 Å². The molecular formula is C15H28O2. The molecule has 1 saturated carbocycles. The van der Waals surface area contributed by atoms with Crippen molar-refractivity contribution in [2.24, 2.45) is 0 Å². The second kappa shape index (κ2) is 8.10. The molecule has 2 rings (SSSR count). The third kappa shape index (κ3) is 6.42. The van der Waals surface area contributed by atoms with Gasteiger partial charge >= 0.3 is 0 Å². The van der Waals surface area contributed by atoms with Crippen LogP contribution in [0.5, 0.6) is 0 Å². The van der Waals surface area contributed by atoms with Gasteiger partial charge in [-0.3, -0.25) is 0 Å². The van der Waals surface area contributed by atoms with Crippen LogP contribution < -0.4 is 0 Å². The minimum Gasteiger partial charge on any atom is -0.375 e. The Morgan fingerprint density at radius 3 is 1.71 bits per heavy atom. The summed E-state index contributed by atoms with van der Waals surface area (Å²) in [5, 5.41) is 0. The van der Waals surface area contributed by atoms with Gasteiger partial charge in [-0.1, -0.05) is 57.8 Å². The van der Waals surface area contributed by atoms with Crippen LogP contribution >= 0.6 is 0 Å². The van der Waals surface area contributed by atoms with Gasteiger partial charge in [0, 0.05) is 0 Å². The van der Waals surface area contributed by atoms with E-state index in [1.54, 1.807) is 0 Å². The highest BCUT2D eigenvalue weighted by molar-refractivity contribution is 4.69. The summed E-state index contributed by atoms with van der Waals surface area (Å²) >= 11 is 0. The van der Waals surface area contributed by atoms with E-state index < -0.39 is 0 Å². The van der Waals surface area contributed by atoms with Gasteiger partial charge in [0.15, 0.2) is 0 Å². The maximum absolute atomic E-state index is 5.99. The van der Waals surface area contributed by atoms with Crippen molar-refractivity contribution in [3.8, 4) is 0 Å². The molecule has 100 valence electrons. The van der Waals surface area contributed by atoms with E-state index >= 15 is 0 Å². The van der Waals surface area contributed by atoms with Crippen LogP contribution in [0.1, 0.15) is 70.6 Å². The average Bonchev–Trinajstić information content (AvgIpc) is 3.12. The molecule has 1 heterocycles. The van der Waals surface area contributed by atoms with Crippen molar-refractivity contribution < 1.29 is 9.47 Å². The summed E-state index contributed by atoms with van der Waals surface area (Å²) in [5.74, 6) is 0. The van der Waals surface area contributed by atoms with E-state index in [9.17, 15) is 0 Å². The SMILES string of the molecule is C1CCCCCC(OCC2CO2)CCCCC1. The average molecular weight is 240 g/mol. The molecule has 2 fully saturated rings. The predicted octanol–water partition coefficient (Wildman–Crippen LogP) is 4.08. The Labute approximate surface area is 106 Å². The summed E-state index contributed by atoms with van der Waals surface area (Å²) in [6, 6.07) is 0. The Morgan fingerprint density at radius 2 is 1.24 bits per heavy atom. The fraction of sp³-hybridized carbons (Fsp3) is 1.00. The molecule has 1 aliphatic heterocycles. The normalized spacial score (nSPS) is 29.3. The molecule has 0 N–H and O–H groups in total. The predicted molar refractivity (Wildman–Crippen MR) is 70.3 cm³/mol. The first kappa shape index (κ1) is 13.4. The highest BCUT2D eigenvalue weighted by atomic mass is 16.6. The van der Waals surface area contributed by atoms with Crippen LogP contribution in [-0.4, -0.2) is 25.4 Å². The number of hydrogen-bond donors (Lipinski definition) is 0. The van der Waals surface area contributed by atoms with Crippen LogP contribution in [0.4, 0.5) is 0 Å². The summed E-state index contributed by atoms with van der Waals surface area (Å²) in [5.41, 5.74) is 0. The van der Waals surface area contributed by atoms with Gasteiger partial charge in [-0.25, -0.2) is 0 Å².